The summed E-state index contributed by atoms with van der Waals surface area (Å²) in [5.74, 6) is 7.08. The summed E-state index contributed by atoms with van der Waals surface area (Å²) in [5.41, 5.74) is 4.43. The van der Waals surface area contributed by atoms with Crippen molar-refractivity contribution in [3.8, 4) is 0 Å². The van der Waals surface area contributed by atoms with Crippen LogP contribution in [0.1, 0.15) is 25.0 Å². The first kappa shape index (κ1) is 17.0. The van der Waals surface area contributed by atoms with Crippen LogP contribution in [0.5, 0.6) is 0 Å². The van der Waals surface area contributed by atoms with Crippen LogP contribution < -0.4 is 11.3 Å². The molecular weight excluding hydrogens is 270 g/mol. The predicted molar refractivity (Wildman–Crippen MR) is 86.4 cm³/mol. The van der Waals surface area contributed by atoms with Crippen molar-refractivity contribution >= 4 is 17.7 Å². The molecule has 0 saturated carbocycles. The second-order valence-corrected chi connectivity index (χ2v) is 5.75. The lowest BCUT2D eigenvalue weighted by atomic mass is 10.1. The molecule has 0 saturated heterocycles. The number of rotatable bonds is 9. The van der Waals surface area contributed by atoms with Gasteiger partial charge in [0, 0.05) is 18.1 Å². The Hall–Kier alpha value is -1.04. The lowest BCUT2D eigenvalue weighted by Gasteiger charge is -2.17. The van der Waals surface area contributed by atoms with Gasteiger partial charge in [-0.1, -0.05) is 38.1 Å². The molecule has 3 N–H and O–H groups in total. The van der Waals surface area contributed by atoms with Crippen LogP contribution in [0, 0.1) is 0 Å². The zero-order valence-electron chi connectivity index (χ0n) is 12.4. The SMILES string of the molecule is CCN(CC)CCSCc1ccc(CC(=O)NN)cc1. The molecule has 0 unspecified atom stereocenters. The molecule has 0 spiro atoms. The van der Waals surface area contributed by atoms with Gasteiger partial charge in [-0.2, -0.15) is 11.8 Å². The third-order valence-electron chi connectivity index (χ3n) is 3.26. The van der Waals surface area contributed by atoms with E-state index in [4.69, 9.17) is 5.84 Å². The van der Waals surface area contributed by atoms with E-state index in [1.165, 1.54) is 5.56 Å². The molecular formula is C15H25N3OS. The zero-order valence-corrected chi connectivity index (χ0v) is 13.2. The van der Waals surface area contributed by atoms with Crippen molar-refractivity contribution in [3.05, 3.63) is 35.4 Å². The van der Waals surface area contributed by atoms with Crippen LogP contribution in [-0.4, -0.2) is 36.2 Å². The van der Waals surface area contributed by atoms with Crippen LogP contribution in [0.2, 0.25) is 0 Å². The third kappa shape index (κ3) is 6.41. The van der Waals surface area contributed by atoms with Gasteiger partial charge < -0.3 is 4.90 Å². The first-order valence-corrected chi connectivity index (χ1v) is 8.22. The summed E-state index contributed by atoms with van der Waals surface area (Å²) in [6.45, 7) is 7.78. The highest BCUT2D eigenvalue weighted by Gasteiger charge is 2.02. The summed E-state index contributed by atoms with van der Waals surface area (Å²) in [7, 11) is 0. The van der Waals surface area contributed by atoms with Gasteiger partial charge in [-0.3, -0.25) is 10.2 Å². The third-order valence-corrected chi connectivity index (χ3v) is 4.27. The topological polar surface area (TPSA) is 58.4 Å². The van der Waals surface area contributed by atoms with Crippen molar-refractivity contribution in [3.63, 3.8) is 0 Å². The molecule has 0 aliphatic heterocycles. The molecule has 1 rings (SSSR count). The van der Waals surface area contributed by atoms with Crippen LogP contribution in [0.25, 0.3) is 0 Å². The average Bonchev–Trinajstić information content (AvgIpc) is 2.49. The smallest absolute Gasteiger partial charge is 0.238 e. The van der Waals surface area contributed by atoms with E-state index >= 15 is 0 Å². The van der Waals surface area contributed by atoms with E-state index in [0.717, 1.165) is 36.7 Å². The Bertz CT molecular complexity index is 391. The van der Waals surface area contributed by atoms with Crippen LogP contribution in [-0.2, 0) is 17.0 Å². The van der Waals surface area contributed by atoms with Gasteiger partial charge in [0.1, 0.15) is 0 Å². The van der Waals surface area contributed by atoms with Crippen molar-refractivity contribution < 1.29 is 4.79 Å². The molecule has 20 heavy (non-hydrogen) atoms. The number of thioether (sulfide) groups is 1. The first-order valence-electron chi connectivity index (χ1n) is 7.07. The number of carbonyl (C=O) groups excluding carboxylic acids is 1. The quantitative estimate of drug-likeness (QED) is 0.316. The molecule has 5 heteroatoms. The van der Waals surface area contributed by atoms with E-state index in [1.807, 2.05) is 23.9 Å². The van der Waals surface area contributed by atoms with Crippen LogP contribution in [0.15, 0.2) is 24.3 Å². The van der Waals surface area contributed by atoms with Crippen molar-refractivity contribution in [2.24, 2.45) is 5.84 Å². The summed E-state index contributed by atoms with van der Waals surface area (Å²) < 4.78 is 0. The van der Waals surface area contributed by atoms with E-state index in [1.54, 1.807) is 0 Å². The largest absolute Gasteiger partial charge is 0.303 e. The van der Waals surface area contributed by atoms with E-state index < -0.39 is 0 Å². The van der Waals surface area contributed by atoms with Crippen LogP contribution in [0.3, 0.4) is 0 Å². The number of hydrazine groups is 1. The number of benzene rings is 1. The summed E-state index contributed by atoms with van der Waals surface area (Å²) >= 11 is 1.95. The molecule has 1 aromatic rings. The maximum atomic E-state index is 11.2. The molecule has 0 aliphatic rings. The van der Waals surface area contributed by atoms with E-state index in [2.05, 4.69) is 36.3 Å². The molecule has 0 aromatic heterocycles. The number of nitrogens with two attached hydrogens (primary N) is 1. The second-order valence-electron chi connectivity index (χ2n) is 4.64. The van der Waals surface area contributed by atoms with Gasteiger partial charge in [-0.25, -0.2) is 5.84 Å². The summed E-state index contributed by atoms with van der Waals surface area (Å²) in [5, 5.41) is 0. The monoisotopic (exact) mass is 295 g/mol. The number of nitrogens with zero attached hydrogens (tertiary/aromatic N) is 1. The van der Waals surface area contributed by atoms with Crippen molar-refractivity contribution in [1.82, 2.24) is 10.3 Å². The Kier molecular flexibility index (Phi) is 8.34. The Labute approximate surface area is 126 Å². The number of nitrogens with one attached hydrogen (secondary N) is 1. The Morgan fingerprint density at radius 1 is 1.20 bits per heavy atom. The van der Waals surface area contributed by atoms with Gasteiger partial charge in [0.15, 0.2) is 0 Å². The fourth-order valence-corrected chi connectivity index (χ4v) is 2.87. The predicted octanol–water partition coefficient (Wildman–Crippen LogP) is 1.79. The molecule has 0 atom stereocenters. The van der Waals surface area contributed by atoms with E-state index in [-0.39, 0.29) is 5.91 Å². The molecule has 0 radical (unpaired) electrons. The summed E-state index contributed by atoms with van der Waals surface area (Å²) in [6.07, 6.45) is 0.339. The van der Waals surface area contributed by atoms with E-state index in [0.29, 0.717) is 6.42 Å². The minimum absolute atomic E-state index is 0.161. The molecule has 0 aliphatic carbocycles. The van der Waals surface area contributed by atoms with Gasteiger partial charge in [-0.15, -0.1) is 0 Å². The lowest BCUT2D eigenvalue weighted by molar-refractivity contribution is -0.120. The van der Waals surface area contributed by atoms with Crippen molar-refractivity contribution in [2.75, 3.05) is 25.4 Å². The second kappa shape index (κ2) is 9.80. The minimum atomic E-state index is -0.161. The highest BCUT2D eigenvalue weighted by molar-refractivity contribution is 7.98. The first-order chi connectivity index (χ1) is 9.69. The minimum Gasteiger partial charge on any atom is -0.303 e. The lowest BCUT2D eigenvalue weighted by Crippen LogP contribution is -2.31. The van der Waals surface area contributed by atoms with Gasteiger partial charge in [0.25, 0.3) is 0 Å². The van der Waals surface area contributed by atoms with Gasteiger partial charge in [0.2, 0.25) is 5.91 Å². The number of hydrogen-bond donors (Lipinski definition) is 2. The fraction of sp³-hybridized carbons (Fsp3) is 0.533. The molecule has 0 fully saturated rings. The standard InChI is InChI=1S/C15H25N3OS/c1-3-18(4-2)9-10-20-12-14-7-5-13(6-8-14)11-15(19)17-16/h5-8H,3-4,9-12,16H2,1-2H3,(H,17,19). The maximum Gasteiger partial charge on any atom is 0.238 e. The normalized spacial score (nSPS) is 10.8. The molecule has 112 valence electrons. The molecule has 1 aromatic carbocycles. The number of amides is 1. The number of carbonyl (C=O) groups is 1. The van der Waals surface area contributed by atoms with Gasteiger partial charge in [-0.05, 0) is 24.2 Å². The van der Waals surface area contributed by atoms with Gasteiger partial charge in [0.05, 0.1) is 6.42 Å². The van der Waals surface area contributed by atoms with Crippen LogP contribution in [0.4, 0.5) is 0 Å². The van der Waals surface area contributed by atoms with Crippen LogP contribution >= 0.6 is 11.8 Å². The molecule has 0 bridgehead atoms. The van der Waals surface area contributed by atoms with Crippen molar-refractivity contribution in [2.45, 2.75) is 26.0 Å². The highest BCUT2D eigenvalue weighted by Crippen LogP contribution is 2.13. The van der Waals surface area contributed by atoms with Crippen molar-refractivity contribution in [1.29, 1.82) is 0 Å². The Morgan fingerprint density at radius 2 is 1.80 bits per heavy atom. The summed E-state index contributed by atoms with van der Waals surface area (Å²) in [4.78, 5) is 13.6. The number of hydrogen-bond acceptors (Lipinski definition) is 4. The van der Waals surface area contributed by atoms with Gasteiger partial charge >= 0.3 is 0 Å². The Morgan fingerprint density at radius 3 is 2.35 bits per heavy atom. The fourth-order valence-electron chi connectivity index (χ4n) is 1.91. The zero-order chi connectivity index (χ0) is 14.8. The molecule has 1 amide bonds. The summed E-state index contributed by atoms with van der Waals surface area (Å²) in [6, 6.07) is 8.16. The Balaban J connectivity index is 2.29. The van der Waals surface area contributed by atoms with E-state index in [9.17, 15) is 4.79 Å². The average molecular weight is 295 g/mol. The highest BCUT2D eigenvalue weighted by atomic mass is 32.2. The molecule has 0 heterocycles. The maximum absolute atomic E-state index is 11.2. The molecule has 4 nitrogen and oxygen atoms in total.